The quantitative estimate of drug-likeness (QED) is 0.659. The van der Waals surface area contributed by atoms with Gasteiger partial charge < -0.3 is 15.5 Å². The fraction of sp³-hybridized carbons (Fsp3) is 0.500. The van der Waals surface area contributed by atoms with Gasteiger partial charge in [-0.1, -0.05) is 12.1 Å². The molecule has 0 aliphatic rings. The van der Waals surface area contributed by atoms with Gasteiger partial charge in [0.1, 0.15) is 6.10 Å². The Labute approximate surface area is 101 Å². The van der Waals surface area contributed by atoms with Crippen molar-refractivity contribution in [1.82, 2.24) is 5.32 Å². The average Bonchev–Trinajstić information content (AvgIpc) is 2.35. The van der Waals surface area contributed by atoms with Crippen LogP contribution in [0, 0.1) is 0 Å². The lowest BCUT2D eigenvalue weighted by atomic mass is 10.0. The van der Waals surface area contributed by atoms with Crippen molar-refractivity contribution < 1.29 is 10.2 Å². The number of benzene rings is 1. The highest BCUT2D eigenvalue weighted by Gasteiger charge is 2.17. The van der Waals surface area contributed by atoms with Gasteiger partial charge in [-0.2, -0.15) is 0 Å². The van der Waals surface area contributed by atoms with Crippen LogP contribution in [0.4, 0.5) is 0 Å². The van der Waals surface area contributed by atoms with Gasteiger partial charge in [0.2, 0.25) is 0 Å². The fourth-order valence-electron chi connectivity index (χ4n) is 1.47. The Morgan fingerprint density at radius 1 is 1.25 bits per heavy atom. The molecule has 1 aromatic rings. The predicted molar refractivity (Wildman–Crippen MR) is 67.7 cm³/mol. The van der Waals surface area contributed by atoms with Crippen LogP contribution in [0.3, 0.4) is 0 Å². The minimum absolute atomic E-state index is 0.544. The SMILES string of the molecule is CNCCC(O)C(O)c1ccc(SC)cc1. The Hall–Kier alpha value is -0.550. The lowest BCUT2D eigenvalue weighted by Gasteiger charge is -2.18. The van der Waals surface area contributed by atoms with Gasteiger partial charge in [-0.05, 0) is 44.0 Å². The molecular formula is C12H19NO2S. The Morgan fingerprint density at radius 3 is 2.38 bits per heavy atom. The Balaban J connectivity index is 2.60. The monoisotopic (exact) mass is 241 g/mol. The van der Waals surface area contributed by atoms with E-state index in [1.165, 1.54) is 0 Å². The van der Waals surface area contributed by atoms with Crippen molar-refractivity contribution in [3.63, 3.8) is 0 Å². The summed E-state index contributed by atoms with van der Waals surface area (Å²) in [6.45, 7) is 0.696. The molecule has 4 heteroatoms. The highest BCUT2D eigenvalue weighted by atomic mass is 32.2. The molecule has 3 nitrogen and oxygen atoms in total. The zero-order valence-electron chi connectivity index (χ0n) is 9.68. The molecule has 0 aliphatic heterocycles. The molecule has 3 N–H and O–H groups in total. The van der Waals surface area contributed by atoms with Gasteiger partial charge in [0.05, 0.1) is 6.10 Å². The summed E-state index contributed by atoms with van der Waals surface area (Å²) in [5.74, 6) is 0. The van der Waals surface area contributed by atoms with Gasteiger partial charge in [0, 0.05) is 4.90 Å². The van der Waals surface area contributed by atoms with Crippen LogP contribution >= 0.6 is 11.8 Å². The summed E-state index contributed by atoms with van der Waals surface area (Å²) in [7, 11) is 1.83. The van der Waals surface area contributed by atoms with Gasteiger partial charge in [-0.3, -0.25) is 0 Å². The molecule has 2 unspecified atom stereocenters. The molecule has 90 valence electrons. The van der Waals surface area contributed by atoms with Gasteiger partial charge in [0.15, 0.2) is 0 Å². The molecule has 0 radical (unpaired) electrons. The molecule has 0 amide bonds. The number of thioether (sulfide) groups is 1. The van der Waals surface area contributed by atoms with Crippen molar-refractivity contribution in [2.24, 2.45) is 0 Å². The second-order valence-electron chi connectivity index (χ2n) is 3.68. The maximum Gasteiger partial charge on any atom is 0.105 e. The topological polar surface area (TPSA) is 52.5 Å². The van der Waals surface area contributed by atoms with E-state index < -0.39 is 12.2 Å². The Kier molecular flexibility index (Phi) is 5.84. The minimum Gasteiger partial charge on any atom is -0.390 e. The number of hydrogen-bond acceptors (Lipinski definition) is 4. The van der Waals surface area contributed by atoms with Crippen LogP contribution in [-0.2, 0) is 0 Å². The van der Waals surface area contributed by atoms with Crippen LogP contribution in [0.25, 0.3) is 0 Å². The molecule has 0 bridgehead atoms. The molecule has 1 aromatic carbocycles. The normalized spacial score (nSPS) is 14.8. The van der Waals surface area contributed by atoms with E-state index in [9.17, 15) is 10.2 Å². The third kappa shape index (κ3) is 3.79. The summed E-state index contributed by atoms with van der Waals surface area (Å²) in [5.41, 5.74) is 0.765. The van der Waals surface area contributed by atoms with Crippen LogP contribution in [0.5, 0.6) is 0 Å². The van der Waals surface area contributed by atoms with E-state index in [0.29, 0.717) is 13.0 Å². The van der Waals surface area contributed by atoms with Crippen LogP contribution in [0.2, 0.25) is 0 Å². The largest absolute Gasteiger partial charge is 0.390 e. The molecule has 0 saturated carbocycles. The van der Waals surface area contributed by atoms with Gasteiger partial charge >= 0.3 is 0 Å². The van der Waals surface area contributed by atoms with E-state index in [-0.39, 0.29) is 0 Å². The van der Waals surface area contributed by atoms with E-state index in [2.05, 4.69) is 5.32 Å². The van der Waals surface area contributed by atoms with E-state index in [4.69, 9.17) is 0 Å². The molecule has 0 aromatic heterocycles. The maximum atomic E-state index is 9.89. The standard InChI is InChI=1S/C12H19NO2S/c1-13-8-7-11(14)12(15)9-3-5-10(16-2)6-4-9/h3-6,11-15H,7-8H2,1-2H3. The summed E-state index contributed by atoms with van der Waals surface area (Å²) in [4.78, 5) is 1.15. The molecule has 0 heterocycles. The second-order valence-corrected chi connectivity index (χ2v) is 4.56. The first-order valence-electron chi connectivity index (χ1n) is 5.33. The van der Waals surface area contributed by atoms with Crippen LogP contribution in [-0.4, -0.2) is 36.2 Å². The fourth-order valence-corrected chi connectivity index (χ4v) is 1.88. The van der Waals surface area contributed by atoms with E-state index >= 15 is 0 Å². The van der Waals surface area contributed by atoms with Gasteiger partial charge in [0.25, 0.3) is 0 Å². The van der Waals surface area contributed by atoms with Gasteiger partial charge in [-0.25, -0.2) is 0 Å². The minimum atomic E-state index is -0.802. The second kappa shape index (κ2) is 6.91. The number of hydrogen-bond donors (Lipinski definition) is 3. The number of nitrogens with one attached hydrogen (secondary N) is 1. The summed E-state index contributed by atoms with van der Waals surface area (Å²) in [5, 5.41) is 22.6. The zero-order valence-corrected chi connectivity index (χ0v) is 10.5. The summed E-state index contributed by atoms with van der Waals surface area (Å²) in [6, 6.07) is 7.63. The first-order chi connectivity index (χ1) is 7.69. The number of rotatable bonds is 6. The molecule has 1 rings (SSSR count). The zero-order chi connectivity index (χ0) is 12.0. The van der Waals surface area contributed by atoms with Crippen LogP contribution in [0.15, 0.2) is 29.2 Å². The molecule has 0 saturated heterocycles. The molecule has 0 aliphatic carbocycles. The van der Waals surface area contributed by atoms with E-state index in [1.54, 1.807) is 11.8 Å². The molecule has 16 heavy (non-hydrogen) atoms. The van der Waals surface area contributed by atoms with Crippen LogP contribution in [0.1, 0.15) is 18.1 Å². The molecule has 0 spiro atoms. The predicted octanol–water partition coefficient (Wildman–Crippen LogP) is 1.41. The average molecular weight is 241 g/mol. The molecular weight excluding hydrogens is 222 g/mol. The summed E-state index contributed by atoms with van der Waals surface area (Å²) in [6.07, 6.45) is 1.03. The van der Waals surface area contributed by atoms with E-state index in [0.717, 1.165) is 10.5 Å². The Morgan fingerprint density at radius 2 is 1.88 bits per heavy atom. The van der Waals surface area contributed by atoms with Crippen molar-refractivity contribution in [3.8, 4) is 0 Å². The molecule has 0 fully saturated rings. The lowest BCUT2D eigenvalue weighted by Crippen LogP contribution is -2.23. The number of aliphatic hydroxyl groups excluding tert-OH is 2. The van der Waals surface area contributed by atoms with Crippen molar-refractivity contribution in [2.45, 2.75) is 23.5 Å². The third-order valence-electron chi connectivity index (χ3n) is 2.51. The highest BCUT2D eigenvalue weighted by Crippen LogP contribution is 2.22. The Bertz CT molecular complexity index is 302. The van der Waals surface area contributed by atoms with Crippen molar-refractivity contribution in [3.05, 3.63) is 29.8 Å². The van der Waals surface area contributed by atoms with Crippen molar-refractivity contribution in [1.29, 1.82) is 0 Å². The lowest BCUT2D eigenvalue weighted by molar-refractivity contribution is 0.0140. The summed E-state index contributed by atoms with van der Waals surface area (Å²) < 4.78 is 0. The first kappa shape index (κ1) is 13.5. The number of aliphatic hydroxyl groups is 2. The first-order valence-corrected chi connectivity index (χ1v) is 6.56. The highest BCUT2D eigenvalue weighted by molar-refractivity contribution is 7.98. The summed E-state index contributed by atoms with van der Waals surface area (Å²) >= 11 is 1.66. The van der Waals surface area contributed by atoms with E-state index in [1.807, 2.05) is 37.6 Å². The smallest absolute Gasteiger partial charge is 0.105 e. The third-order valence-corrected chi connectivity index (χ3v) is 3.26. The van der Waals surface area contributed by atoms with Crippen molar-refractivity contribution >= 4 is 11.8 Å². The van der Waals surface area contributed by atoms with Crippen molar-refractivity contribution in [2.75, 3.05) is 19.8 Å². The molecule has 2 atom stereocenters. The maximum absolute atomic E-state index is 9.89. The van der Waals surface area contributed by atoms with Crippen LogP contribution < -0.4 is 5.32 Å². The van der Waals surface area contributed by atoms with Gasteiger partial charge in [-0.15, -0.1) is 11.8 Å².